The first kappa shape index (κ1) is 16.2. The fourth-order valence-electron chi connectivity index (χ4n) is 3.12. The Bertz CT molecular complexity index is 646. The minimum atomic E-state index is 0.00820. The van der Waals surface area contributed by atoms with E-state index in [2.05, 4.69) is 34.9 Å². The first-order valence-electron chi connectivity index (χ1n) is 8.38. The van der Waals surface area contributed by atoms with Crippen molar-refractivity contribution >= 4 is 11.8 Å². The molecule has 0 bridgehead atoms. The normalized spacial score (nSPS) is 16.9. The lowest BCUT2D eigenvalue weighted by Crippen LogP contribution is -2.38. The highest BCUT2D eigenvalue weighted by Gasteiger charge is 2.22. The predicted molar refractivity (Wildman–Crippen MR) is 93.5 cm³/mol. The van der Waals surface area contributed by atoms with Gasteiger partial charge < -0.3 is 10.6 Å². The molecule has 4 heteroatoms. The molecule has 2 amide bonds. The smallest absolute Gasteiger partial charge is 0.221 e. The lowest BCUT2D eigenvalue weighted by molar-refractivity contribution is -0.122. The van der Waals surface area contributed by atoms with Gasteiger partial charge in [0.25, 0.3) is 0 Å². The van der Waals surface area contributed by atoms with Crippen LogP contribution in [-0.2, 0) is 9.59 Å². The molecule has 24 heavy (non-hydrogen) atoms. The number of carbonyl (C=O) groups is 2. The maximum Gasteiger partial charge on any atom is 0.221 e. The lowest BCUT2D eigenvalue weighted by Gasteiger charge is -2.19. The maximum absolute atomic E-state index is 12.4. The van der Waals surface area contributed by atoms with Crippen molar-refractivity contribution in [3.8, 4) is 0 Å². The standard InChI is InChI=1S/C20H22N2O2/c23-19-12-11-17(22-19)14-21-20(24)13-18(15-7-3-1-4-8-15)16-9-5-2-6-10-16/h1-10,17-18H,11-14H2,(H,21,24)(H,22,23). The second kappa shape index (κ2) is 7.77. The van der Waals surface area contributed by atoms with E-state index in [0.717, 1.165) is 17.5 Å². The number of carbonyl (C=O) groups excluding carboxylic acids is 2. The Balaban J connectivity index is 1.65. The molecule has 1 aliphatic heterocycles. The summed E-state index contributed by atoms with van der Waals surface area (Å²) < 4.78 is 0. The lowest BCUT2D eigenvalue weighted by atomic mass is 9.88. The number of hydrogen-bond donors (Lipinski definition) is 2. The van der Waals surface area contributed by atoms with Crippen LogP contribution in [0.3, 0.4) is 0 Å². The zero-order chi connectivity index (χ0) is 16.8. The van der Waals surface area contributed by atoms with Gasteiger partial charge in [-0.3, -0.25) is 9.59 Å². The van der Waals surface area contributed by atoms with E-state index < -0.39 is 0 Å². The van der Waals surface area contributed by atoms with Crippen LogP contribution < -0.4 is 10.6 Å². The molecule has 1 atom stereocenters. The molecule has 1 fully saturated rings. The van der Waals surface area contributed by atoms with Gasteiger partial charge >= 0.3 is 0 Å². The van der Waals surface area contributed by atoms with Gasteiger partial charge in [0.05, 0.1) is 0 Å². The van der Waals surface area contributed by atoms with Gasteiger partial charge in [-0.2, -0.15) is 0 Å². The average Bonchev–Trinajstić information content (AvgIpc) is 3.05. The molecule has 2 N–H and O–H groups in total. The van der Waals surface area contributed by atoms with Gasteiger partial charge in [-0.25, -0.2) is 0 Å². The summed E-state index contributed by atoms with van der Waals surface area (Å²) in [7, 11) is 0. The summed E-state index contributed by atoms with van der Waals surface area (Å²) in [6, 6.07) is 20.2. The van der Waals surface area contributed by atoms with Crippen LogP contribution in [0.15, 0.2) is 60.7 Å². The molecule has 124 valence electrons. The Hall–Kier alpha value is -2.62. The number of benzene rings is 2. The quantitative estimate of drug-likeness (QED) is 0.859. The third kappa shape index (κ3) is 4.22. The molecule has 1 unspecified atom stereocenters. The van der Waals surface area contributed by atoms with Crippen molar-refractivity contribution in [3.63, 3.8) is 0 Å². The van der Waals surface area contributed by atoms with E-state index in [1.165, 1.54) is 0 Å². The average molecular weight is 322 g/mol. The van der Waals surface area contributed by atoms with Crippen molar-refractivity contribution in [2.45, 2.75) is 31.2 Å². The topological polar surface area (TPSA) is 58.2 Å². The number of rotatable bonds is 6. The molecule has 0 aliphatic carbocycles. The van der Waals surface area contributed by atoms with E-state index in [4.69, 9.17) is 0 Å². The SMILES string of the molecule is O=C(CC(c1ccccc1)c1ccccc1)NCC1CCC(=O)N1. The van der Waals surface area contributed by atoms with Crippen molar-refractivity contribution in [3.05, 3.63) is 71.8 Å². The van der Waals surface area contributed by atoms with Crippen LogP contribution in [0.25, 0.3) is 0 Å². The summed E-state index contributed by atoms with van der Waals surface area (Å²) in [5.74, 6) is 0.111. The van der Waals surface area contributed by atoms with Crippen molar-refractivity contribution in [2.24, 2.45) is 0 Å². The Morgan fingerprint density at radius 1 is 1.04 bits per heavy atom. The first-order chi connectivity index (χ1) is 11.7. The first-order valence-corrected chi connectivity index (χ1v) is 8.38. The molecule has 2 aromatic carbocycles. The molecule has 1 saturated heterocycles. The van der Waals surface area contributed by atoms with Gasteiger partial charge in [-0.1, -0.05) is 60.7 Å². The van der Waals surface area contributed by atoms with Crippen LogP contribution in [0.4, 0.5) is 0 Å². The summed E-state index contributed by atoms with van der Waals surface area (Å²) in [5, 5.41) is 5.83. The molecule has 3 rings (SSSR count). The van der Waals surface area contributed by atoms with Crippen LogP contribution in [0.1, 0.15) is 36.3 Å². The second-order valence-corrected chi connectivity index (χ2v) is 6.19. The monoisotopic (exact) mass is 322 g/mol. The van der Waals surface area contributed by atoms with Crippen molar-refractivity contribution < 1.29 is 9.59 Å². The molecule has 4 nitrogen and oxygen atoms in total. The molecule has 0 radical (unpaired) electrons. The minimum absolute atomic E-state index is 0.00820. The Morgan fingerprint density at radius 3 is 2.12 bits per heavy atom. The number of hydrogen-bond acceptors (Lipinski definition) is 2. The number of amides is 2. The molecule has 0 saturated carbocycles. The summed E-state index contributed by atoms with van der Waals surface area (Å²) in [6.45, 7) is 0.501. The molecular formula is C20H22N2O2. The summed E-state index contributed by atoms with van der Waals surface area (Å²) in [5.41, 5.74) is 2.26. The van der Waals surface area contributed by atoms with Gasteiger partial charge in [0.2, 0.25) is 11.8 Å². The van der Waals surface area contributed by atoms with Crippen LogP contribution in [0.2, 0.25) is 0 Å². The van der Waals surface area contributed by atoms with E-state index in [9.17, 15) is 9.59 Å². The van der Waals surface area contributed by atoms with Crippen LogP contribution >= 0.6 is 0 Å². The van der Waals surface area contributed by atoms with Crippen LogP contribution in [-0.4, -0.2) is 24.4 Å². The Kier molecular flexibility index (Phi) is 5.26. The van der Waals surface area contributed by atoms with E-state index in [-0.39, 0.29) is 23.8 Å². The highest BCUT2D eigenvalue weighted by Crippen LogP contribution is 2.27. The fraction of sp³-hybridized carbons (Fsp3) is 0.300. The number of nitrogens with one attached hydrogen (secondary N) is 2. The van der Waals surface area contributed by atoms with Crippen molar-refractivity contribution in [2.75, 3.05) is 6.54 Å². The highest BCUT2D eigenvalue weighted by atomic mass is 16.2. The fourth-order valence-corrected chi connectivity index (χ4v) is 3.12. The maximum atomic E-state index is 12.4. The molecule has 0 aromatic heterocycles. The van der Waals surface area contributed by atoms with Gasteiger partial charge in [0.15, 0.2) is 0 Å². The van der Waals surface area contributed by atoms with E-state index in [0.29, 0.717) is 19.4 Å². The molecule has 0 spiro atoms. The third-order valence-corrected chi connectivity index (χ3v) is 4.42. The van der Waals surface area contributed by atoms with Crippen molar-refractivity contribution in [1.82, 2.24) is 10.6 Å². The highest BCUT2D eigenvalue weighted by molar-refractivity contribution is 5.79. The zero-order valence-corrected chi connectivity index (χ0v) is 13.6. The van der Waals surface area contributed by atoms with Gasteiger partial charge in [-0.05, 0) is 17.5 Å². The van der Waals surface area contributed by atoms with E-state index in [1.54, 1.807) is 0 Å². The molecule has 1 aliphatic rings. The zero-order valence-electron chi connectivity index (χ0n) is 13.6. The van der Waals surface area contributed by atoms with E-state index >= 15 is 0 Å². The molecule has 1 heterocycles. The molecular weight excluding hydrogens is 300 g/mol. The third-order valence-electron chi connectivity index (χ3n) is 4.42. The van der Waals surface area contributed by atoms with Gasteiger partial charge in [-0.15, -0.1) is 0 Å². The summed E-state index contributed by atoms with van der Waals surface area (Å²) >= 11 is 0. The Morgan fingerprint density at radius 2 is 1.62 bits per heavy atom. The Labute approximate surface area is 142 Å². The second-order valence-electron chi connectivity index (χ2n) is 6.19. The minimum Gasteiger partial charge on any atom is -0.354 e. The van der Waals surface area contributed by atoms with Crippen molar-refractivity contribution in [1.29, 1.82) is 0 Å². The van der Waals surface area contributed by atoms with Gasteiger partial charge in [0, 0.05) is 31.3 Å². The van der Waals surface area contributed by atoms with E-state index in [1.807, 2.05) is 36.4 Å². The van der Waals surface area contributed by atoms with Crippen LogP contribution in [0.5, 0.6) is 0 Å². The summed E-state index contributed by atoms with van der Waals surface area (Å²) in [6.07, 6.45) is 1.74. The van der Waals surface area contributed by atoms with Crippen LogP contribution in [0, 0.1) is 0 Å². The molecule has 2 aromatic rings. The summed E-state index contributed by atoms with van der Waals surface area (Å²) in [4.78, 5) is 23.6. The predicted octanol–water partition coefficient (Wildman–Crippen LogP) is 2.60. The van der Waals surface area contributed by atoms with Gasteiger partial charge in [0.1, 0.15) is 0 Å². The largest absolute Gasteiger partial charge is 0.354 e.